The van der Waals surface area contributed by atoms with Gasteiger partial charge in [-0.2, -0.15) is 0 Å². The highest BCUT2D eigenvalue weighted by Gasteiger charge is 2.51. The van der Waals surface area contributed by atoms with E-state index in [2.05, 4.69) is 5.32 Å². The van der Waals surface area contributed by atoms with E-state index in [-0.39, 0.29) is 23.8 Å². The largest absolute Gasteiger partial charge is 0.347 e. The number of carbonyl (C=O) groups excluding carboxylic acids is 2. The van der Waals surface area contributed by atoms with Crippen LogP contribution in [0, 0.1) is 23.2 Å². The fourth-order valence-corrected chi connectivity index (χ4v) is 6.16. The minimum absolute atomic E-state index is 0.0345. The Kier molecular flexibility index (Phi) is 4.76. The molecule has 0 aromatic heterocycles. The van der Waals surface area contributed by atoms with Gasteiger partial charge in [0.1, 0.15) is 0 Å². The number of nitrogens with zero attached hydrogens (tertiary/aromatic N) is 1. The predicted octanol–water partition coefficient (Wildman–Crippen LogP) is 3.37. The molecule has 4 fully saturated rings. The van der Waals surface area contributed by atoms with Gasteiger partial charge in [0.25, 0.3) is 0 Å². The molecule has 140 valence electrons. The van der Waals surface area contributed by atoms with Crippen LogP contribution < -0.4 is 5.32 Å². The number of carbonyl (C=O) groups is 2. The van der Waals surface area contributed by atoms with E-state index in [0.29, 0.717) is 13.0 Å². The second-order valence-corrected chi connectivity index (χ2v) is 9.11. The number of likely N-dealkylation sites (N-methyl/N-ethyl adjacent to an activating group) is 1. The van der Waals surface area contributed by atoms with Gasteiger partial charge >= 0.3 is 0 Å². The van der Waals surface area contributed by atoms with Gasteiger partial charge in [-0.25, -0.2) is 0 Å². The first-order valence-corrected chi connectivity index (χ1v) is 10.1. The quantitative estimate of drug-likeness (QED) is 0.851. The highest BCUT2D eigenvalue weighted by atomic mass is 16.2. The molecule has 1 aromatic rings. The van der Waals surface area contributed by atoms with Crippen molar-refractivity contribution in [3.8, 4) is 0 Å². The van der Waals surface area contributed by atoms with Crippen LogP contribution in [0.25, 0.3) is 0 Å². The normalized spacial score (nSPS) is 31.7. The molecule has 26 heavy (non-hydrogen) atoms. The smallest absolute Gasteiger partial charge is 0.242 e. The molecule has 4 saturated carbocycles. The molecule has 0 unspecified atom stereocenters. The average molecular weight is 354 g/mol. The van der Waals surface area contributed by atoms with Crippen LogP contribution in [0.1, 0.15) is 50.5 Å². The molecular weight excluding hydrogens is 324 g/mol. The van der Waals surface area contributed by atoms with Gasteiger partial charge in [-0.1, -0.05) is 30.3 Å². The second kappa shape index (κ2) is 7.05. The van der Waals surface area contributed by atoms with Crippen molar-refractivity contribution in [3.63, 3.8) is 0 Å². The Bertz CT molecular complexity index is 635. The maximum atomic E-state index is 12.5. The third-order valence-corrected chi connectivity index (χ3v) is 6.83. The van der Waals surface area contributed by atoms with E-state index in [1.807, 2.05) is 30.3 Å². The van der Waals surface area contributed by atoms with Crippen LogP contribution in [0.5, 0.6) is 0 Å². The van der Waals surface area contributed by atoms with Gasteiger partial charge in [-0.15, -0.1) is 0 Å². The lowest BCUT2D eigenvalue weighted by atomic mass is 9.49. The van der Waals surface area contributed by atoms with E-state index >= 15 is 0 Å². The molecular formula is C22H30N2O2. The monoisotopic (exact) mass is 354 g/mol. The summed E-state index contributed by atoms with van der Waals surface area (Å²) < 4.78 is 0. The number of hydrogen-bond donors (Lipinski definition) is 1. The Morgan fingerprint density at radius 2 is 1.62 bits per heavy atom. The van der Waals surface area contributed by atoms with Crippen LogP contribution in [0.15, 0.2) is 30.3 Å². The lowest BCUT2D eigenvalue weighted by Gasteiger charge is -2.56. The van der Waals surface area contributed by atoms with Crippen LogP contribution in [0.2, 0.25) is 0 Å². The number of rotatable bonds is 6. The predicted molar refractivity (Wildman–Crippen MR) is 101 cm³/mol. The molecule has 4 aliphatic rings. The third kappa shape index (κ3) is 3.79. The number of hydrogen-bond acceptors (Lipinski definition) is 2. The van der Waals surface area contributed by atoms with Crippen LogP contribution in [-0.2, 0) is 16.1 Å². The van der Waals surface area contributed by atoms with Gasteiger partial charge in [0.05, 0.1) is 6.54 Å². The standard InChI is InChI=1S/C22H30N2O2/c1-24(15-16-5-3-2-4-6-16)21(26)14-23-20(25)13-22-10-17-7-18(11-22)9-19(8-17)12-22/h2-6,17-19H,7-15H2,1H3,(H,23,25). The topological polar surface area (TPSA) is 49.4 Å². The van der Waals surface area contributed by atoms with Crippen LogP contribution in [0.3, 0.4) is 0 Å². The molecule has 5 rings (SSSR count). The van der Waals surface area contributed by atoms with Crippen molar-refractivity contribution in [2.24, 2.45) is 23.2 Å². The van der Waals surface area contributed by atoms with Crippen molar-refractivity contribution in [1.82, 2.24) is 10.2 Å². The molecule has 0 radical (unpaired) electrons. The van der Waals surface area contributed by atoms with Gasteiger partial charge < -0.3 is 10.2 Å². The summed E-state index contributed by atoms with van der Waals surface area (Å²) in [6, 6.07) is 9.93. The van der Waals surface area contributed by atoms with Crippen LogP contribution in [-0.4, -0.2) is 30.3 Å². The van der Waals surface area contributed by atoms with Gasteiger partial charge in [-0.05, 0) is 67.3 Å². The highest BCUT2D eigenvalue weighted by Crippen LogP contribution is 2.61. The van der Waals surface area contributed by atoms with Gasteiger partial charge in [0, 0.05) is 20.0 Å². The Labute approximate surface area is 156 Å². The van der Waals surface area contributed by atoms with Crippen molar-refractivity contribution in [2.45, 2.75) is 51.5 Å². The Morgan fingerprint density at radius 1 is 1.04 bits per heavy atom. The fraction of sp³-hybridized carbons (Fsp3) is 0.636. The van der Waals surface area contributed by atoms with E-state index in [9.17, 15) is 9.59 Å². The van der Waals surface area contributed by atoms with Crippen molar-refractivity contribution in [3.05, 3.63) is 35.9 Å². The first kappa shape index (κ1) is 17.6. The second-order valence-electron chi connectivity index (χ2n) is 9.11. The summed E-state index contributed by atoms with van der Waals surface area (Å²) in [5.41, 5.74) is 1.33. The van der Waals surface area contributed by atoms with Crippen molar-refractivity contribution >= 4 is 11.8 Å². The summed E-state index contributed by atoms with van der Waals surface area (Å²) in [4.78, 5) is 26.5. The van der Waals surface area contributed by atoms with E-state index in [1.165, 1.54) is 38.5 Å². The van der Waals surface area contributed by atoms with Crippen LogP contribution in [0.4, 0.5) is 0 Å². The Balaban J connectivity index is 1.26. The summed E-state index contributed by atoms with van der Waals surface area (Å²) >= 11 is 0. The molecule has 4 heteroatoms. The van der Waals surface area contributed by atoms with Crippen molar-refractivity contribution in [1.29, 1.82) is 0 Å². The first-order chi connectivity index (χ1) is 12.5. The molecule has 1 aromatic carbocycles. The molecule has 4 nitrogen and oxygen atoms in total. The summed E-state index contributed by atoms with van der Waals surface area (Å²) in [6.07, 6.45) is 8.49. The minimum atomic E-state index is -0.0345. The number of benzene rings is 1. The Morgan fingerprint density at radius 3 is 2.19 bits per heavy atom. The lowest BCUT2D eigenvalue weighted by Crippen LogP contribution is -2.48. The summed E-state index contributed by atoms with van der Waals surface area (Å²) in [6.45, 7) is 0.680. The average Bonchev–Trinajstić information content (AvgIpc) is 2.59. The van der Waals surface area contributed by atoms with Gasteiger partial charge in [0.15, 0.2) is 0 Å². The van der Waals surface area contributed by atoms with E-state index in [0.717, 1.165) is 23.3 Å². The fourth-order valence-electron chi connectivity index (χ4n) is 6.16. The number of nitrogens with one attached hydrogen (secondary N) is 1. The minimum Gasteiger partial charge on any atom is -0.347 e. The van der Waals surface area contributed by atoms with E-state index in [4.69, 9.17) is 0 Å². The zero-order valence-electron chi connectivity index (χ0n) is 15.7. The highest BCUT2D eigenvalue weighted by molar-refractivity contribution is 5.84. The number of amides is 2. The maximum absolute atomic E-state index is 12.5. The van der Waals surface area contributed by atoms with Crippen LogP contribution >= 0.6 is 0 Å². The molecule has 0 aliphatic heterocycles. The molecule has 4 bridgehead atoms. The molecule has 1 N–H and O–H groups in total. The molecule has 0 atom stereocenters. The third-order valence-electron chi connectivity index (χ3n) is 6.83. The van der Waals surface area contributed by atoms with E-state index in [1.54, 1.807) is 11.9 Å². The van der Waals surface area contributed by atoms with Gasteiger partial charge in [0.2, 0.25) is 11.8 Å². The maximum Gasteiger partial charge on any atom is 0.242 e. The van der Waals surface area contributed by atoms with E-state index < -0.39 is 0 Å². The molecule has 0 heterocycles. The van der Waals surface area contributed by atoms with Crippen molar-refractivity contribution in [2.75, 3.05) is 13.6 Å². The summed E-state index contributed by atoms with van der Waals surface area (Å²) in [5.74, 6) is 2.59. The summed E-state index contributed by atoms with van der Waals surface area (Å²) in [7, 11) is 1.79. The zero-order valence-corrected chi connectivity index (χ0v) is 15.7. The zero-order chi connectivity index (χ0) is 18.1. The lowest BCUT2D eigenvalue weighted by molar-refractivity contribution is -0.135. The van der Waals surface area contributed by atoms with Crippen molar-refractivity contribution < 1.29 is 9.59 Å². The molecule has 0 spiro atoms. The SMILES string of the molecule is CN(Cc1ccccc1)C(=O)CNC(=O)CC12CC3CC(CC(C3)C1)C2. The molecule has 4 aliphatic carbocycles. The Hall–Kier alpha value is -1.84. The molecule has 0 saturated heterocycles. The van der Waals surface area contributed by atoms with Gasteiger partial charge in [-0.3, -0.25) is 9.59 Å². The summed E-state index contributed by atoms with van der Waals surface area (Å²) in [5, 5.41) is 2.89. The first-order valence-electron chi connectivity index (χ1n) is 10.1. The molecule has 2 amide bonds.